The van der Waals surface area contributed by atoms with E-state index in [1.807, 2.05) is 27.7 Å². The highest BCUT2D eigenvalue weighted by Crippen LogP contribution is 2.25. The molecule has 0 atom stereocenters. The van der Waals surface area contributed by atoms with Gasteiger partial charge in [0.2, 0.25) is 10.0 Å². The van der Waals surface area contributed by atoms with Gasteiger partial charge in [0.15, 0.2) is 0 Å². The standard InChI is InChI=1S/C14H24N2O2S/c1-6-12(7-2)16(5)19(17,18)13-8-10(3)11(4)14(15)9-13/h8-9,12H,6-7,15H2,1-5H3. The van der Waals surface area contributed by atoms with E-state index in [0.29, 0.717) is 5.69 Å². The Bertz CT molecular complexity index is 526. The minimum absolute atomic E-state index is 0.0211. The maximum Gasteiger partial charge on any atom is 0.243 e. The molecule has 0 heterocycles. The molecule has 0 aliphatic heterocycles. The predicted octanol–water partition coefficient (Wildman–Crippen LogP) is 2.69. The minimum atomic E-state index is -3.47. The summed E-state index contributed by atoms with van der Waals surface area (Å²) in [6.07, 6.45) is 1.60. The fourth-order valence-electron chi connectivity index (χ4n) is 2.17. The number of nitrogens with two attached hydrogens (primary N) is 1. The number of benzene rings is 1. The van der Waals surface area contributed by atoms with Gasteiger partial charge < -0.3 is 5.73 Å². The maximum absolute atomic E-state index is 12.6. The molecule has 0 aliphatic carbocycles. The Balaban J connectivity index is 3.28. The normalized spacial score (nSPS) is 12.4. The molecule has 0 bridgehead atoms. The molecule has 1 rings (SSSR count). The number of anilines is 1. The first-order valence-electron chi connectivity index (χ1n) is 6.60. The first kappa shape index (κ1) is 16.0. The lowest BCUT2D eigenvalue weighted by molar-refractivity contribution is 0.349. The van der Waals surface area contributed by atoms with Crippen molar-refractivity contribution in [2.45, 2.75) is 51.5 Å². The van der Waals surface area contributed by atoms with Crippen LogP contribution >= 0.6 is 0 Å². The van der Waals surface area contributed by atoms with Crippen LogP contribution in [0.25, 0.3) is 0 Å². The van der Waals surface area contributed by atoms with Gasteiger partial charge in [-0.05, 0) is 49.9 Å². The third-order valence-corrected chi connectivity index (χ3v) is 5.70. The van der Waals surface area contributed by atoms with Crippen LogP contribution in [0.4, 0.5) is 5.69 Å². The quantitative estimate of drug-likeness (QED) is 0.846. The van der Waals surface area contributed by atoms with E-state index in [1.165, 1.54) is 4.31 Å². The Morgan fingerprint density at radius 3 is 2.16 bits per heavy atom. The van der Waals surface area contributed by atoms with Crippen LogP contribution in [0.5, 0.6) is 0 Å². The molecule has 0 saturated carbocycles. The van der Waals surface area contributed by atoms with E-state index >= 15 is 0 Å². The highest BCUT2D eigenvalue weighted by molar-refractivity contribution is 7.89. The second-order valence-electron chi connectivity index (χ2n) is 4.95. The molecule has 108 valence electrons. The van der Waals surface area contributed by atoms with E-state index in [9.17, 15) is 8.42 Å². The van der Waals surface area contributed by atoms with Crippen molar-refractivity contribution < 1.29 is 8.42 Å². The van der Waals surface area contributed by atoms with E-state index in [2.05, 4.69) is 0 Å². The fraction of sp³-hybridized carbons (Fsp3) is 0.571. The number of rotatable bonds is 5. The van der Waals surface area contributed by atoms with Gasteiger partial charge in [0.25, 0.3) is 0 Å². The summed E-state index contributed by atoms with van der Waals surface area (Å²) in [7, 11) is -1.83. The van der Waals surface area contributed by atoms with Gasteiger partial charge in [-0.2, -0.15) is 4.31 Å². The summed E-state index contributed by atoms with van der Waals surface area (Å²) in [5, 5.41) is 0. The van der Waals surface area contributed by atoms with Gasteiger partial charge in [-0.1, -0.05) is 13.8 Å². The summed E-state index contributed by atoms with van der Waals surface area (Å²) in [5.41, 5.74) is 8.23. The lowest BCUT2D eigenvalue weighted by Gasteiger charge is -2.26. The summed E-state index contributed by atoms with van der Waals surface area (Å²) < 4.78 is 26.6. The smallest absolute Gasteiger partial charge is 0.243 e. The SMILES string of the molecule is CCC(CC)N(C)S(=O)(=O)c1cc(C)c(C)c(N)c1. The van der Waals surface area contributed by atoms with Crippen molar-refractivity contribution in [3.63, 3.8) is 0 Å². The Morgan fingerprint density at radius 1 is 1.21 bits per heavy atom. The van der Waals surface area contributed by atoms with E-state index < -0.39 is 10.0 Å². The summed E-state index contributed by atoms with van der Waals surface area (Å²) in [6.45, 7) is 7.76. The van der Waals surface area contributed by atoms with Gasteiger partial charge in [-0.3, -0.25) is 0 Å². The fourth-order valence-corrected chi connectivity index (χ4v) is 3.79. The largest absolute Gasteiger partial charge is 0.398 e. The second-order valence-corrected chi connectivity index (χ2v) is 6.94. The van der Waals surface area contributed by atoms with Crippen molar-refractivity contribution >= 4 is 15.7 Å². The predicted molar refractivity (Wildman–Crippen MR) is 79.6 cm³/mol. The van der Waals surface area contributed by atoms with Gasteiger partial charge in [-0.15, -0.1) is 0 Å². The monoisotopic (exact) mass is 284 g/mol. The molecular formula is C14H24N2O2S. The zero-order valence-corrected chi connectivity index (χ0v) is 13.2. The lowest BCUT2D eigenvalue weighted by atomic mass is 10.1. The molecule has 0 aromatic heterocycles. The third-order valence-electron chi connectivity index (χ3n) is 3.81. The topological polar surface area (TPSA) is 63.4 Å². The molecule has 0 saturated heterocycles. The van der Waals surface area contributed by atoms with E-state index in [0.717, 1.165) is 24.0 Å². The first-order valence-corrected chi connectivity index (χ1v) is 8.04. The van der Waals surface area contributed by atoms with Gasteiger partial charge in [0.05, 0.1) is 4.90 Å². The lowest BCUT2D eigenvalue weighted by Crippen LogP contribution is -2.36. The molecule has 2 N–H and O–H groups in total. The zero-order valence-electron chi connectivity index (χ0n) is 12.4. The number of hydrogen-bond acceptors (Lipinski definition) is 3. The van der Waals surface area contributed by atoms with Gasteiger partial charge >= 0.3 is 0 Å². The van der Waals surface area contributed by atoms with E-state index in [1.54, 1.807) is 19.2 Å². The molecule has 0 radical (unpaired) electrons. The van der Waals surface area contributed by atoms with Crippen molar-refractivity contribution in [3.05, 3.63) is 23.3 Å². The van der Waals surface area contributed by atoms with Crippen molar-refractivity contribution in [1.82, 2.24) is 4.31 Å². The average molecular weight is 284 g/mol. The minimum Gasteiger partial charge on any atom is -0.398 e. The van der Waals surface area contributed by atoms with Crippen molar-refractivity contribution in [2.75, 3.05) is 12.8 Å². The van der Waals surface area contributed by atoms with Crippen LogP contribution in [-0.4, -0.2) is 25.8 Å². The summed E-state index contributed by atoms with van der Waals surface area (Å²) >= 11 is 0. The molecular weight excluding hydrogens is 260 g/mol. The van der Waals surface area contributed by atoms with E-state index in [4.69, 9.17) is 5.73 Å². The number of hydrogen-bond donors (Lipinski definition) is 1. The van der Waals surface area contributed by atoms with Gasteiger partial charge in [-0.25, -0.2) is 8.42 Å². The summed E-state index contributed by atoms with van der Waals surface area (Å²) in [5.74, 6) is 0. The summed E-state index contributed by atoms with van der Waals surface area (Å²) in [4.78, 5) is 0.280. The number of sulfonamides is 1. The molecule has 0 unspecified atom stereocenters. The van der Waals surface area contributed by atoms with Crippen LogP contribution in [0, 0.1) is 13.8 Å². The maximum atomic E-state index is 12.6. The van der Waals surface area contributed by atoms with Crippen molar-refractivity contribution in [3.8, 4) is 0 Å². The van der Waals surface area contributed by atoms with Crippen LogP contribution in [0.15, 0.2) is 17.0 Å². The van der Waals surface area contributed by atoms with E-state index in [-0.39, 0.29) is 10.9 Å². The molecule has 4 nitrogen and oxygen atoms in total. The van der Waals surface area contributed by atoms with Crippen LogP contribution in [-0.2, 0) is 10.0 Å². The molecule has 5 heteroatoms. The zero-order chi connectivity index (χ0) is 14.8. The number of nitrogens with zero attached hydrogens (tertiary/aromatic N) is 1. The van der Waals surface area contributed by atoms with Gasteiger partial charge in [0, 0.05) is 18.8 Å². The van der Waals surface area contributed by atoms with Crippen LogP contribution in [0.2, 0.25) is 0 Å². The molecule has 0 aliphatic rings. The molecule has 0 fully saturated rings. The first-order chi connectivity index (χ1) is 8.75. The van der Waals surface area contributed by atoms with Crippen LogP contribution in [0.1, 0.15) is 37.8 Å². The summed E-state index contributed by atoms with van der Waals surface area (Å²) in [6, 6.07) is 3.27. The van der Waals surface area contributed by atoms with Crippen LogP contribution < -0.4 is 5.73 Å². The Kier molecular flexibility index (Phi) is 4.98. The Labute approximate surface area is 116 Å². The number of nitrogen functional groups attached to an aromatic ring is 1. The third kappa shape index (κ3) is 3.09. The number of aryl methyl sites for hydroxylation is 1. The highest BCUT2D eigenvalue weighted by atomic mass is 32.2. The molecule has 1 aromatic rings. The average Bonchev–Trinajstić information content (AvgIpc) is 2.36. The van der Waals surface area contributed by atoms with Crippen molar-refractivity contribution in [2.24, 2.45) is 0 Å². The molecule has 0 spiro atoms. The highest BCUT2D eigenvalue weighted by Gasteiger charge is 2.26. The Morgan fingerprint density at radius 2 is 1.74 bits per heavy atom. The molecule has 19 heavy (non-hydrogen) atoms. The van der Waals surface area contributed by atoms with Crippen molar-refractivity contribution in [1.29, 1.82) is 0 Å². The molecule has 1 aromatic carbocycles. The molecule has 0 amide bonds. The van der Waals surface area contributed by atoms with Crippen LogP contribution in [0.3, 0.4) is 0 Å². The second kappa shape index (κ2) is 5.92. The Hall–Kier alpha value is -1.07. The van der Waals surface area contributed by atoms with Gasteiger partial charge in [0.1, 0.15) is 0 Å².